The normalized spacial score (nSPS) is 36.4. The number of ether oxygens (including phenoxy) is 2. The Hall–Kier alpha value is -0.273. The molecule has 0 bridgehead atoms. The molecule has 0 aromatic heterocycles. The van der Waals surface area contributed by atoms with E-state index in [-0.39, 0.29) is 55.1 Å². The van der Waals surface area contributed by atoms with E-state index in [1.54, 1.807) is 0 Å². The van der Waals surface area contributed by atoms with Crippen LogP contribution in [0.25, 0.3) is 0 Å². The van der Waals surface area contributed by atoms with Gasteiger partial charge in [-0.2, -0.15) is 5.26 Å². The van der Waals surface area contributed by atoms with Gasteiger partial charge in [-0.3, -0.25) is 0 Å². The molecular formula is C24H47N2O6PSi. The Labute approximate surface area is 208 Å². The van der Waals surface area contributed by atoms with Crippen LogP contribution in [0.1, 0.15) is 54.9 Å². The zero-order chi connectivity index (χ0) is 25.9. The second kappa shape index (κ2) is 11.8. The van der Waals surface area contributed by atoms with Crippen LogP contribution in [0.4, 0.5) is 0 Å². The van der Waals surface area contributed by atoms with Gasteiger partial charge in [-0.1, -0.05) is 34.6 Å². The minimum absolute atomic E-state index is 0.0222. The first-order chi connectivity index (χ1) is 15.7. The summed E-state index contributed by atoms with van der Waals surface area (Å²) in [7, 11) is -5.00. The summed E-state index contributed by atoms with van der Waals surface area (Å²) in [6, 6.07) is 1.75. The van der Waals surface area contributed by atoms with E-state index in [4.69, 9.17) is 28.2 Å². The number of nitrogens with zero attached hydrogens (tertiary/aromatic N) is 1. The summed E-state index contributed by atoms with van der Waals surface area (Å²) in [5, 5.41) is 22.6. The Bertz CT molecular complexity index is 755. The molecule has 198 valence electrons. The van der Waals surface area contributed by atoms with E-state index in [2.05, 4.69) is 72.1 Å². The van der Waals surface area contributed by atoms with E-state index >= 15 is 0 Å². The van der Waals surface area contributed by atoms with Crippen LogP contribution >= 0.6 is 7.49 Å². The Morgan fingerprint density at radius 2 is 1.68 bits per heavy atom. The van der Waals surface area contributed by atoms with Gasteiger partial charge in [0.2, 0.25) is 0 Å². The quantitative estimate of drug-likeness (QED) is 0.237. The van der Waals surface area contributed by atoms with E-state index in [1.807, 2.05) is 6.92 Å². The van der Waals surface area contributed by atoms with Crippen LogP contribution in [0.2, 0.25) is 18.1 Å². The van der Waals surface area contributed by atoms with Gasteiger partial charge >= 0.3 is 0 Å². The zero-order valence-electron chi connectivity index (χ0n) is 22.5. The standard InChI is InChI=1S/C24H47N2O6PSi/c1-16-17(2)21(30-18(16)3)15-29-33(8,28-13-11-12-25)26-22-20(14-27)31-19(4)23(22)32-34(9,10)24(5,6)7/h16-23,26-27H,8,11,13-15H2,1-7,9-10H3/t16-,17?,18-,19-,20+,21+,22?,23+,33?/m0/s1. The molecule has 3 unspecified atom stereocenters. The Kier molecular flexibility index (Phi) is 10.4. The molecule has 0 spiro atoms. The van der Waals surface area contributed by atoms with Gasteiger partial charge in [0.05, 0.1) is 68.9 Å². The Morgan fingerprint density at radius 3 is 2.18 bits per heavy atom. The number of aliphatic hydroxyl groups excluding tert-OH is 1. The van der Waals surface area contributed by atoms with Crippen LogP contribution in [0.3, 0.4) is 0 Å². The van der Waals surface area contributed by atoms with Crippen molar-refractivity contribution < 1.29 is 28.1 Å². The fourth-order valence-corrected chi connectivity index (χ4v) is 7.33. The van der Waals surface area contributed by atoms with Crippen molar-refractivity contribution in [3.05, 3.63) is 0 Å². The van der Waals surface area contributed by atoms with Crippen molar-refractivity contribution in [3.63, 3.8) is 0 Å². The maximum Gasteiger partial charge on any atom is 0.192 e. The van der Waals surface area contributed by atoms with Gasteiger partial charge in [-0.15, -0.1) is 0 Å². The minimum atomic E-state index is -2.87. The molecule has 2 saturated heterocycles. The fraction of sp³-hybridized carbons (Fsp3) is 0.917. The smallest absolute Gasteiger partial charge is 0.192 e. The molecule has 2 N–H and O–H groups in total. The molecule has 0 aromatic carbocycles. The maximum absolute atomic E-state index is 10.1. The first kappa shape index (κ1) is 30.0. The molecule has 0 aliphatic carbocycles. The molecule has 2 fully saturated rings. The van der Waals surface area contributed by atoms with Gasteiger partial charge in [-0.25, -0.2) is 5.09 Å². The highest BCUT2D eigenvalue weighted by atomic mass is 31.2. The van der Waals surface area contributed by atoms with E-state index < -0.39 is 21.9 Å². The van der Waals surface area contributed by atoms with E-state index in [0.29, 0.717) is 18.4 Å². The molecule has 9 atom stereocenters. The minimum Gasteiger partial charge on any atom is -0.410 e. The van der Waals surface area contributed by atoms with Crippen molar-refractivity contribution in [1.82, 2.24) is 5.09 Å². The van der Waals surface area contributed by atoms with Crippen LogP contribution in [-0.4, -0.2) is 76.1 Å². The number of rotatable bonds is 11. The highest BCUT2D eigenvalue weighted by Gasteiger charge is 2.50. The number of nitrogens with one attached hydrogen (secondary N) is 1. The third kappa shape index (κ3) is 7.15. The lowest BCUT2D eigenvalue weighted by Gasteiger charge is -2.41. The summed E-state index contributed by atoms with van der Waals surface area (Å²) in [5.41, 5.74) is 0. The molecule has 0 saturated carbocycles. The number of aliphatic hydroxyl groups is 1. The molecule has 0 radical (unpaired) electrons. The first-order valence-corrected chi connectivity index (χ1v) is 17.1. The lowest BCUT2D eigenvalue weighted by Crippen LogP contribution is -2.53. The van der Waals surface area contributed by atoms with Gasteiger partial charge < -0.3 is 28.1 Å². The van der Waals surface area contributed by atoms with Crippen molar-refractivity contribution in [3.8, 4) is 6.07 Å². The van der Waals surface area contributed by atoms with Crippen molar-refractivity contribution in [2.75, 3.05) is 19.8 Å². The first-order valence-electron chi connectivity index (χ1n) is 12.4. The van der Waals surface area contributed by atoms with Gasteiger partial charge in [-0.05, 0) is 50.1 Å². The number of hydrogen-bond donors (Lipinski definition) is 2. The van der Waals surface area contributed by atoms with Crippen LogP contribution in [0.5, 0.6) is 0 Å². The average molecular weight is 519 g/mol. The maximum atomic E-state index is 10.1. The van der Waals surface area contributed by atoms with E-state index in [9.17, 15) is 5.11 Å². The van der Waals surface area contributed by atoms with Crippen LogP contribution in [0, 0.1) is 23.2 Å². The second-order valence-corrected chi connectivity index (χ2v) is 18.2. The SMILES string of the molecule is C=P(NC1[C@@H](CO)O[C@@H](C)[C@H]1O[Si](C)(C)C(C)(C)C)(OCCC#N)OC[C@H]1O[C@@H](C)[C@@H](C)C1C. The van der Waals surface area contributed by atoms with Crippen molar-refractivity contribution in [2.24, 2.45) is 11.8 Å². The predicted octanol–water partition coefficient (Wildman–Crippen LogP) is 4.32. The monoisotopic (exact) mass is 518 g/mol. The van der Waals surface area contributed by atoms with E-state index in [1.165, 1.54) is 0 Å². The molecular weight excluding hydrogens is 471 g/mol. The zero-order valence-corrected chi connectivity index (χ0v) is 24.4. The molecule has 0 aromatic rings. The lowest BCUT2D eigenvalue weighted by atomic mass is 9.91. The third-order valence-electron chi connectivity index (χ3n) is 7.88. The topological polar surface area (TPSA) is 102 Å². The third-order valence-corrected chi connectivity index (χ3v) is 14.2. The average Bonchev–Trinajstić information content (AvgIpc) is 3.16. The number of hydrogen-bond acceptors (Lipinski definition) is 8. The molecule has 2 rings (SSSR count). The van der Waals surface area contributed by atoms with Crippen LogP contribution in [-0.2, 0) is 22.9 Å². The van der Waals surface area contributed by atoms with Crippen molar-refractivity contribution in [2.45, 2.75) is 110 Å². The summed E-state index contributed by atoms with van der Waals surface area (Å²) in [6.07, 6.45) is 3.68. The Balaban J connectivity index is 2.23. The van der Waals surface area contributed by atoms with Crippen LogP contribution in [0.15, 0.2) is 0 Å². The highest BCUT2D eigenvalue weighted by molar-refractivity contribution is 7.62. The van der Waals surface area contributed by atoms with E-state index in [0.717, 1.165) is 0 Å². The summed E-state index contributed by atoms with van der Waals surface area (Å²) in [4.78, 5) is 0. The van der Waals surface area contributed by atoms with Gasteiger partial charge in [0.15, 0.2) is 15.8 Å². The van der Waals surface area contributed by atoms with Crippen molar-refractivity contribution in [1.29, 1.82) is 5.26 Å². The van der Waals surface area contributed by atoms with Crippen molar-refractivity contribution >= 4 is 22.1 Å². The number of nitriles is 1. The molecule has 2 aliphatic rings. The molecule has 0 amide bonds. The predicted molar refractivity (Wildman–Crippen MR) is 139 cm³/mol. The molecule has 2 heterocycles. The van der Waals surface area contributed by atoms with Gasteiger partial charge in [0, 0.05) is 0 Å². The van der Waals surface area contributed by atoms with Gasteiger partial charge in [0.1, 0.15) is 0 Å². The second-order valence-electron chi connectivity index (χ2n) is 11.4. The molecule has 10 heteroatoms. The summed E-state index contributed by atoms with van der Waals surface area (Å²) in [5.74, 6) is 0.779. The summed E-state index contributed by atoms with van der Waals surface area (Å²) in [6.45, 7) is 19.8. The van der Waals surface area contributed by atoms with Gasteiger partial charge in [0.25, 0.3) is 0 Å². The lowest BCUT2D eigenvalue weighted by molar-refractivity contribution is 0.000640. The molecule has 34 heavy (non-hydrogen) atoms. The fourth-order valence-electron chi connectivity index (χ4n) is 4.19. The highest BCUT2D eigenvalue weighted by Crippen LogP contribution is 2.48. The molecule has 2 aliphatic heterocycles. The summed E-state index contributed by atoms with van der Waals surface area (Å²) >= 11 is 0. The Morgan fingerprint density at radius 1 is 1.06 bits per heavy atom. The van der Waals surface area contributed by atoms with Crippen LogP contribution < -0.4 is 5.09 Å². The largest absolute Gasteiger partial charge is 0.410 e. The molecule has 8 nitrogen and oxygen atoms in total. The summed E-state index contributed by atoms with van der Waals surface area (Å²) < 4.78 is 31.3.